The number of benzene rings is 1. The van der Waals surface area contributed by atoms with E-state index >= 15 is 0 Å². The first-order valence-corrected chi connectivity index (χ1v) is 6.86. The highest BCUT2D eigenvalue weighted by molar-refractivity contribution is 7.90. The molecule has 0 saturated carbocycles. The van der Waals surface area contributed by atoms with Gasteiger partial charge >= 0.3 is 0 Å². The molecular formula is C11H17NO3S. The van der Waals surface area contributed by atoms with Gasteiger partial charge in [0.1, 0.15) is 10.6 Å². The third-order valence-electron chi connectivity index (χ3n) is 2.19. The van der Waals surface area contributed by atoms with Gasteiger partial charge in [0.25, 0.3) is 0 Å². The topological polar surface area (TPSA) is 69.4 Å². The zero-order valence-electron chi connectivity index (χ0n) is 9.73. The summed E-state index contributed by atoms with van der Waals surface area (Å²) in [6.07, 6.45) is 1.81. The van der Waals surface area contributed by atoms with E-state index in [0.29, 0.717) is 12.2 Å². The molecule has 0 amide bonds. The van der Waals surface area contributed by atoms with Crippen molar-refractivity contribution in [1.29, 1.82) is 0 Å². The predicted octanol–water partition coefficient (Wildman–Crippen LogP) is 0.988. The smallest absolute Gasteiger partial charge is 0.179 e. The van der Waals surface area contributed by atoms with Crippen LogP contribution in [0.3, 0.4) is 0 Å². The van der Waals surface area contributed by atoms with Crippen molar-refractivity contribution < 1.29 is 13.2 Å². The van der Waals surface area contributed by atoms with E-state index in [1.807, 2.05) is 13.0 Å². The third-order valence-corrected chi connectivity index (χ3v) is 3.30. The van der Waals surface area contributed by atoms with Crippen molar-refractivity contribution in [2.24, 2.45) is 5.73 Å². The molecule has 0 heterocycles. The Kier molecular flexibility index (Phi) is 3.93. The first-order chi connectivity index (χ1) is 7.34. The van der Waals surface area contributed by atoms with E-state index in [-0.39, 0.29) is 10.9 Å². The molecule has 0 aliphatic heterocycles. The van der Waals surface area contributed by atoms with Gasteiger partial charge in [0, 0.05) is 12.3 Å². The molecule has 0 spiro atoms. The molecule has 0 aliphatic rings. The number of hydrogen-bond acceptors (Lipinski definition) is 4. The van der Waals surface area contributed by atoms with Crippen LogP contribution in [0.5, 0.6) is 5.75 Å². The monoisotopic (exact) mass is 243 g/mol. The molecule has 0 saturated heterocycles. The lowest BCUT2D eigenvalue weighted by molar-refractivity contribution is 0.402. The summed E-state index contributed by atoms with van der Waals surface area (Å²) in [6.45, 7) is 1.88. The van der Waals surface area contributed by atoms with Crippen LogP contribution in [0.4, 0.5) is 0 Å². The van der Waals surface area contributed by atoms with Gasteiger partial charge in [0.15, 0.2) is 9.84 Å². The summed E-state index contributed by atoms with van der Waals surface area (Å²) in [5, 5.41) is 0. The molecular weight excluding hydrogens is 226 g/mol. The second-order valence-electron chi connectivity index (χ2n) is 3.94. The Balaban J connectivity index is 3.22. The maximum Gasteiger partial charge on any atom is 0.179 e. The molecule has 1 unspecified atom stereocenters. The first-order valence-electron chi connectivity index (χ1n) is 4.97. The number of rotatable bonds is 4. The standard InChI is InChI=1S/C11H17NO3S/c1-8(12)6-9-4-5-10(15-2)11(7-9)16(3,13)14/h4-5,7-8H,6,12H2,1-3H3. The maximum absolute atomic E-state index is 11.5. The van der Waals surface area contributed by atoms with Gasteiger partial charge in [-0.15, -0.1) is 0 Å². The van der Waals surface area contributed by atoms with E-state index in [1.54, 1.807) is 12.1 Å². The Bertz CT molecular complexity index is 466. The van der Waals surface area contributed by atoms with Gasteiger partial charge in [-0.1, -0.05) is 6.07 Å². The van der Waals surface area contributed by atoms with Crippen LogP contribution in [0.15, 0.2) is 23.1 Å². The summed E-state index contributed by atoms with van der Waals surface area (Å²) < 4.78 is 28.1. The van der Waals surface area contributed by atoms with E-state index in [4.69, 9.17) is 10.5 Å². The largest absolute Gasteiger partial charge is 0.495 e. The fourth-order valence-electron chi connectivity index (χ4n) is 1.51. The minimum atomic E-state index is -3.27. The lowest BCUT2D eigenvalue weighted by atomic mass is 10.1. The Labute approximate surface area is 96.3 Å². The SMILES string of the molecule is COc1ccc(CC(C)N)cc1S(C)(=O)=O. The van der Waals surface area contributed by atoms with Gasteiger partial charge < -0.3 is 10.5 Å². The number of methoxy groups -OCH3 is 1. The summed E-state index contributed by atoms with van der Waals surface area (Å²) in [6, 6.07) is 5.11. The molecule has 0 bridgehead atoms. The van der Waals surface area contributed by atoms with Crippen molar-refractivity contribution >= 4 is 9.84 Å². The lowest BCUT2D eigenvalue weighted by Gasteiger charge is -2.10. The highest BCUT2D eigenvalue weighted by atomic mass is 32.2. The van der Waals surface area contributed by atoms with E-state index in [2.05, 4.69) is 0 Å². The van der Waals surface area contributed by atoms with Crippen LogP contribution in [0.25, 0.3) is 0 Å². The molecule has 4 nitrogen and oxygen atoms in total. The van der Waals surface area contributed by atoms with E-state index in [1.165, 1.54) is 13.4 Å². The van der Waals surface area contributed by atoms with Crippen molar-refractivity contribution in [2.45, 2.75) is 24.3 Å². The van der Waals surface area contributed by atoms with Crippen LogP contribution in [-0.2, 0) is 16.3 Å². The van der Waals surface area contributed by atoms with E-state index in [9.17, 15) is 8.42 Å². The number of sulfone groups is 1. The molecule has 1 atom stereocenters. The summed E-state index contributed by atoms with van der Waals surface area (Å²) in [5.41, 5.74) is 6.57. The van der Waals surface area contributed by atoms with Crippen LogP contribution < -0.4 is 10.5 Å². The van der Waals surface area contributed by atoms with Gasteiger partial charge in [0.05, 0.1) is 7.11 Å². The van der Waals surface area contributed by atoms with E-state index in [0.717, 1.165) is 5.56 Å². The summed E-state index contributed by atoms with van der Waals surface area (Å²) in [7, 11) is -1.82. The van der Waals surface area contributed by atoms with Crippen molar-refractivity contribution in [3.63, 3.8) is 0 Å². The van der Waals surface area contributed by atoms with Crippen LogP contribution in [0, 0.1) is 0 Å². The molecule has 0 aromatic heterocycles. The van der Waals surface area contributed by atoms with Crippen molar-refractivity contribution in [3.05, 3.63) is 23.8 Å². The van der Waals surface area contributed by atoms with Gasteiger partial charge in [-0.05, 0) is 31.0 Å². The number of nitrogens with two attached hydrogens (primary N) is 1. The normalized spacial score (nSPS) is 13.5. The van der Waals surface area contributed by atoms with Crippen LogP contribution in [0.1, 0.15) is 12.5 Å². The van der Waals surface area contributed by atoms with Crippen molar-refractivity contribution in [2.75, 3.05) is 13.4 Å². The number of ether oxygens (including phenoxy) is 1. The van der Waals surface area contributed by atoms with Gasteiger partial charge in [-0.3, -0.25) is 0 Å². The minimum absolute atomic E-state index is 0.000745. The van der Waals surface area contributed by atoms with Gasteiger partial charge in [0.2, 0.25) is 0 Å². The molecule has 90 valence electrons. The fourth-order valence-corrected chi connectivity index (χ4v) is 2.39. The second-order valence-corrected chi connectivity index (χ2v) is 5.92. The second kappa shape index (κ2) is 4.84. The summed E-state index contributed by atoms with van der Waals surface area (Å²) >= 11 is 0. The fraction of sp³-hybridized carbons (Fsp3) is 0.455. The predicted molar refractivity (Wildman–Crippen MR) is 63.5 cm³/mol. The van der Waals surface area contributed by atoms with Crippen LogP contribution in [-0.4, -0.2) is 27.8 Å². The van der Waals surface area contributed by atoms with Gasteiger partial charge in [-0.2, -0.15) is 0 Å². The summed E-state index contributed by atoms with van der Waals surface area (Å²) in [4.78, 5) is 0.216. The molecule has 16 heavy (non-hydrogen) atoms. The minimum Gasteiger partial charge on any atom is -0.495 e. The first kappa shape index (κ1) is 13.0. The molecule has 0 radical (unpaired) electrons. The highest BCUT2D eigenvalue weighted by Gasteiger charge is 2.15. The Morgan fingerprint density at radius 1 is 1.44 bits per heavy atom. The quantitative estimate of drug-likeness (QED) is 0.856. The molecule has 2 N–H and O–H groups in total. The van der Waals surface area contributed by atoms with Crippen LogP contribution >= 0.6 is 0 Å². The molecule has 5 heteroatoms. The molecule has 1 rings (SSSR count). The highest BCUT2D eigenvalue weighted by Crippen LogP contribution is 2.25. The summed E-state index contributed by atoms with van der Waals surface area (Å²) in [5.74, 6) is 0.371. The molecule has 1 aromatic rings. The van der Waals surface area contributed by atoms with Crippen molar-refractivity contribution in [1.82, 2.24) is 0 Å². The maximum atomic E-state index is 11.5. The molecule has 0 aliphatic carbocycles. The lowest BCUT2D eigenvalue weighted by Crippen LogP contribution is -2.18. The Hall–Kier alpha value is -1.07. The zero-order valence-corrected chi connectivity index (χ0v) is 10.5. The van der Waals surface area contributed by atoms with Gasteiger partial charge in [-0.25, -0.2) is 8.42 Å². The van der Waals surface area contributed by atoms with Crippen molar-refractivity contribution in [3.8, 4) is 5.75 Å². The number of hydrogen-bond donors (Lipinski definition) is 1. The average Bonchev–Trinajstić information content (AvgIpc) is 2.15. The average molecular weight is 243 g/mol. The zero-order chi connectivity index (χ0) is 12.3. The molecule has 0 fully saturated rings. The third kappa shape index (κ3) is 3.21. The van der Waals surface area contributed by atoms with Crippen LogP contribution in [0.2, 0.25) is 0 Å². The molecule has 1 aromatic carbocycles. The Morgan fingerprint density at radius 3 is 2.50 bits per heavy atom. The van der Waals surface area contributed by atoms with E-state index < -0.39 is 9.84 Å². The Morgan fingerprint density at radius 2 is 2.06 bits per heavy atom.